The predicted molar refractivity (Wildman–Crippen MR) is 70.6 cm³/mol. The molecule has 0 aliphatic rings. The molecular formula is C9H16N5O6S-. The minimum absolute atomic E-state index is 0.139. The van der Waals surface area contributed by atoms with Gasteiger partial charge in [-0.05, 0) is 12.0 Å². The Hall–Kier alpha value is -1.72. The van der Waals surface area contributed by atoms with Crippen molar-refractivity contribution in [2.45, 2.75) is 18.9 Å². The van der Waals surface area contributed by atoms with Crippen molar-refractivity contribution in [3.63, 3.8) is 0 Å². The van der Waals surface area contributed by atoms with Crippen molar-refractivity contribution < 1.29 is 28.2 Å². The van der Waals surface area contributed by atoms with E-state index in [1.165, 1.54) is 0 Å². The van der Waals surface area contributed by atoms with E-state index in [0.717, 1.165) is 0 Å². The van der Waals surface area contributed by atoms with Gasteiger partial charge in [-0.15, -0.1) is 0 Å². The van der Waals surface area contributed by atoms with Crippen molar-refractivity contribution in [2.75, 3.05) is 26.3 Å². The van der Waals surface area contributed by atoms with Gasteiger partial charge in [0.15, 0.2) is 0 Å². The Bertz CT molecular complexity index is 413. The third-order valence-electron chi connectivity index (χ3n) is 2.16. The van der Waals surface area contributed by atoms with Gasteiger partial charge in [-0.25, -0.2) is 4.72 Å². The summed E-state index contributed by atoms with van der Waals surface area (Å²) >= 11 is -2.71. The molecule has 3 N–H and O–H groups in total. The van der Waals surface area contributed by atoms with Crippen LogP contribution < -0.4 is 10.0 Å². The largest absolute Gasteiger partial charge is 0.760 e. The molecule has 0 aliphatic carbocycles. The fraction of sp³-hybridized carbons (Fsp3) is 0.778. The standard InChI is InChI=1S/C9H17N5O6S/c10-14-12-4-6-20-5-3-11-8(15)2-1-7(9(16)17)13-21(18)19/h7,13H,1-6H2,(H,11,15)(H,16,17)(H,18,19)/p-1/t7-/m0/s1. The lowest BCUT2D eigenvalue weighted by atomic mass is 10.1. The number of azide groups is 1. The van der Waals surface area contributed by atoms with Gasteiger partial charge in [-0.1, -0.05) is 5.11 Å². The summed E-state index contributed by atoms with van der Waals surface area (Å²) in [4.78, 5) is 24.6. The summed E-state index contributed by atoms with van der Waals surface area (Å²) in [5.74, 6) is -1.77. The number of hydrogen-bond acceptors (Lipinski definition) is 6. The number of carbonyl (C=O) groups is 2. The van der Waals surface area contributed by atoms with E-state index in [4.69, 9.17) is 15.4 Å². The smallest absolute Gasteiger partial charge is 0.321 e. The van der Waals surface area contributed by atoms with Crippen LogP contribution in [0.5, 0.6) is 0 Å². The fourth-order valence-electron chi connectivity index (χ4n) is 1.23. The average Bonchev–Trinajstić information content (AvgIpc) is 2.41. The molecule has 12 heteroatoms. The van der Waals surface area contributed by atoms with Crippen LogP contribution in [0.4, 0.5) is 0 Å². The summed E-state index contributed by atoms with van der Waals surface area (Å²) < 4.78 is 27.6. The highest BCUT2D eigenvalue weighted by Crippen LogP contribution is 1.98. The molecule has 0 fully saturated rings. The number of carbonyl (C=O) groups excluding carboxylic acids is 1. The van der Waals surface area contributed by atoms with Crippen molar-refractivity contribution >= 4 is 23.1 Å². The first kappa shape index (κ1) is 19.3. The van der Waals surface area contributed by atoms with Crippen molar-refractivity contribution in [2.24, 2.45) is 5.11 Å². The first-order chi connectivity index (χ1) is 9.97. The summed E-state index contributed by atoms with van der Waals surface area (Å²) in [5.41, 5.74) is 8.00. The van der Waals surface area contributed by atoms with Crippen molar-refractivity contribution in [3.8, 4) is 0 Å². The molecule has 1 unspecified atom stereocenters. The van der Waals surface area contributed by atoms with Crippen molar-refractivity contribution in [1.29, 1.82) is 0 Å². The molecule has 21 heavy (non-hydrogen) atoms. The maximum atomic E-state index is 11.4. The summed E-state index contributed by atoms with van der Waals surface area (Å²) in [6.07, 6.45) is -0.299. The number of rotatable bonds is 12. The normalized spacial score (nSPS) is 13.0. The predicted octanol–water partition coefficient (Wildman–Crippen LogP) is -0.953. The van der Waals surface area contributed by atoms with E-state index in [-0.39, 0.29) is 39.1 Å². The summed E-state index contributed by atoms with van der Waals surface area (Å²) in [6.45, 7) is 0.870. The van der Waals surface area contributed by atoms with Gasteiger partial charge in [0.1, 0.15) is 6.04 Å². The molecular weight excluding hydrogens is 306 g/mol. The molecule has 0 aromatic heterocycles. The molecule has 0 aromatic rings. The maximum Gasteiger partial charge on any atom is 0.321 e. The van der Waals surface area contributed by atoms with Crippen LogP contribution in [-0.2, 0) is 25.6 Å². The molecule has 120 valence electrons. The Labute approximate surface area is 123 Å². The Kier molecular flexibility index (Phi) is 11.1. The number of carboxylic acids is 1. The highest BCUT2D eigenvalue weighted by molar-refractivity contribution is 7.77. The molecule has 0 saturated heterocycles. The van der Waals surface area contributed by atoms with Gasteiger partial charge in [0.05, 0.1) is 13.2 Å². The maximum absolute atomic E-state index is 11.4. The van der Waals surface area contributed by atoms with Crippen LogP contribution in [0, 0.1) is 0 Å². The number of hydrogen-bond donors (Lipinski definition) is 3. The topological polar surface area (TPSA) is 177 Å². The van der Waals surface area contributed by atoms with E-state index in [1.807, 2.05) is 0 Å². The van der Waals surface area contributed by atoms with Crippen molar-refractivity contribution in [1.82, 2.24) is 10.0 Å². The second-order valence-electron chi connectivity index (χ2n) is 3.70. The van der Waals surface area contributed by atoms with Gasteiger partial charge in [0.25, 0.3) is 0 Å². The van der Waals surface area contributed by atoms with Crippen molar-refractivity contribution in [3.05, 3.63) is 10.4 Å². The highest BCUT2D eigenvalue weighted by atomic mass is 32.2. The summed E-state index contributed by atoms with van der Waals surface area (Å²) in [6, 6.07) is -1.34. The lowest BCUT2D eigenvalue weighted by molar-refractivity contribution is -0.139. The molecule has 0 bridgehead atoms. The molecule has 11 nitrogen and oxygen atoms in total. The highest BCUT2D eigenvalue weighted by Gasteiger charge is 2.18. The molecule has 0 radical (unpaired) electrons. The minimum atomic E-state index is -2.71. The number of aliphatic carboxylic acids is 1. The second kappa shape index (κ2) is 12.1. The lowest BCUT2D eigenvalue weighted by Gasteiger charge is -2.15. The molecule has 0 saturated carbocycles. The Morgan fingerprint density at radius 2 is 2.19 bits per heavy atom. The fourth-order valence-corrected chi connectivity index (χ4v) is 1.68. The first-order valence-corrected chi connectivity index (χ1v) is 6.98. The van der Waals surface area contributed by atoms with Gasteiger partial charge in [-0.2, -0.15) is 0 Å². The summed E-state index contributed by atoms with van der Waals surface area (Å²) in [7, 11) is 0. The third-order valence-corrected chi connectivity index (χ3v) is 2.64. The number of amides is 1. The Morgan fingerprint density at radius 3 is 2.76 bits per heavy atom. The number of carboxylic acid groups (broad SMARTS) is 1. The third kappa shape index (κ3) is 11.8. The van der Waals surface area contributed by atoms with Crippen LogP contribution in [0.15, 0.2) is 5.11 Å². The van der Waals surface area contributed by atoms with E-state index in [9.17, 15) is 18.4 Å². The van der Waals surface area contributed by atoms with E-state index in [1.54, 1.807) is 4.72 Å². The minimum Gasteiger partial charge on any atom is -0.760 e. The van der Waals surface area contributed by atoms with Gasteiger partial charge in [0.2, 0.25) is 5.91 Å². The van der Waals surface area contributed by atoms with Crippen LogP contribution in [0.3, 0.4) is 0 Å². The van der Waals surface area contributed by atoms with Gasteiger partial charge in [-0.3, -0.25) is 13.8 Å². The zero-order valence-corrected chi connectivity index (χ0v) is 11.9. The van der Waals surface area contributed by atoms with E-state index in [0.29, 0.717) is 0 Å². The average molecular weight is 322 g/mol. The van der Waals surface area contributed by atoms with Crippen LogP contribution in [0.25, 0.3) is 10.4 Å². The zero-order chi connectivity index (χ0) is 16.1. The quantitative estimate of drug-likeness (QED) is 0.137. The Balaban J connectivity index is 3.75. The van der Waals surface area contributed by atoms with E-state index < -0.39 is 29.2 Å². The van der Waals surface area contributed by atoms with Gasteiger partial charge >= 0.3 is 5.97 Å². The van der Waals surface area contributed by atoms with Gasteiger partial charge < -0.3 is 19.7 Å². The van der Waals surface area contributed by atoms with Crippen LogP contribution in [0.2, 0.25) is 0 Å². The molecule has 1 amide bonds. The lowest BCUT2D eigenvalue weighted by Crippen LogP contribution is -2.39. The van der Waals surface area contributed by atoms with E-state index >= 15 is 0 Å². The van der Waals surface area contributed by atoms with Crippen LogP contribution in [-0.4, -0.2) is 58.1 Å². The molecule has 0 rings (SSSR count). The molecule has 0 aromatic carbocycles. The van der Waals surface area contributed by atoms with Crippen LogP contribution >= 0.6 is 0 Å². The molecule has 0 aliphatic heterocycles. The summed E-state index contributed by atoms with van der Waals surface area (Å²) in [5, 5.41) is 14.5. The SMILES string of the molecule is [N-]=[N+]=NCCOCCNC(=O)CC[C@H](NS(=O)[O-])C(=O)O. The molecule has 0 heterocycles. The number of ether oxygens (including phenoxy) is 1. The number of nitrogens with zero attached hydrogens (tertiary/aromatic N) is 3. The Morgan fingerprint density at radius 1 is 1.48 bits per heavy atom. The van der Waals surface area contributed by atoms with Crippen LogP contribution in [0.1, 0.15) is 12.8 Å². The molecule has 2 atom stereocenters. The van der Waals surface area contributed by atoms with E-state index in [2.05, 4.69) is 15.3 Å². The second-order valence-corrected chi connectivity index (χ2v) is 4.40. The first-order valence-electron chi connectivity index (χ1n) is 5.91. The number of nitrogens with one attached hydrogen (secondary N) is 2. The zero-order valence-electron chi connectivity index (χ0n) is 11.1. The monoisotopic (exact) mass is 322 g/mol. The molecule has 0 spiro atoms. The van der Waals surface area contributed by atoms with Gasteiger partial charge in [0, 0.05) is 35.7 Å².